The molecule has 0 aromatic heterocycles. The van der Waals surface area contributed by atoms with E-state index in [1.165, 1.54) is 35.1 Å². The zero-order valence-electron chi connectivity index (χ0n) is 26.2. The van der Waals surface area contributed by atoms with Gasteiger partial charge in [0.1, 0.15) is 22.9 Å². The standard InChI is InChI=1S/C21H26O2.C18H22O2/c1-4-21(22)12-10-19-18-7-5-14-13-15(23-3)6-8-16(14)17(18)9-11-20(19,21)2;1-18-9-8-14-13-5-3-12(19)10-11(13)2-4-15(14)16(18)6-7-17(18)20/h1,6,8,13,17-19,22H,5,7,9-12H2,2-3H3;3,5,10,14-16,19H,2,4,6-9H2,1H3/t17-,18-,19+,20+,21+;14-,15-,16+,18+/m11/s1. The van der Waals surface area contributed by atoms with Crippen molar-refractivity contribution in [1.82, 2.24) is 0 Å². The van der Waals surface area contributed by atoms with E-state index in [9.17, 15) is 15.0 Å². The molecule has 4 nitrogen and oxygen atoms in total. The Balaban J connectivity index is 0.000000141. The van der Waals surface area contributed by atoms with E-state index < -0.39 is 5.60 Å². The van der Waals surface area contributed by atoms with Crippen LogP contribution in [0.4, 0.5) is 0 Å². The van der Waals surface area contributed by atoms with E-state index in [0.29, 0.717) is 47.0 Å². The predicted octanol–water partition coefficient (Wildman–Crippen LogP) is 7.73. The Morgan fingerprint density at radius 3 is 2.16 bits per heavy atom. The molecular formula is C39H48O4. The number of phenols is 1. The van der Waals surface area contributed by atoms with Crippen molar-refractivity contribution in [2.45, 2.75) is 108 Å². The lowest BCUT2D eigenvalue weighted by Gasteiger charge is -2.52. The zero-order chi connectivity index (χ0) is 30.1. The lowest BCUT2D eigenvalue weighted by Crippen LogP contribution is -2.50. The van der Waals surface area contributed by atoms with Gasteiger partial charge < -0.3 is 14.9 Å². The van der Waals surface area contributed by atoms with Crippen molar-refractivity contribution in [2.24, 2.45) is 34.5 Å². The summed E-state index contributed by atoms with van der Waals surface area (Å²) < 4.78 is 5.39. The molecule has 43 heavy (non-hydrogen) atoms. The third-order valence-electron chi connectivity index (χ3n) is 13.7. The predicted molar refractivity (Wildman–Crippen MR) is 169 cm³/mol. The fourth-order valence-corrected chi connectivity index (χ4v) is 11.3. The number of benzene rings is 2. The zero-order valence-corrected chi connectivity index (χ0v) is 26.2. The summed E-state index contributed by atoms with van der Waals surface area (Å²) in [5.41, 5.74) is 4.71. The Morgan fingerprint density at radius 2 is 1.47 bits per heavy atom. The first-order chi connectivity index (χ1) is 20.6. The Hall–Kier alpha value is -2.77. The number of fused-ring (bicyclic) bond motifs is 10. The Kier molecular flexibility index (Phi) is 7.01. The maximum atomic E-state index is 12.3. The van der Waals surface area contributed by atoms with Gasteiger partial charge in [0, 0.05) is 17.3 Å². The first kappa shape index (κ1) is 29.0. The minimum absolute atomic E-state index is 0.0322. The molecule has 4 saturated carbocycles. The number of carbonyl (C=O) groups excluding carboxylic acids is 1. The Morgan fingerprint density at radius 1 is 0.814 bits per heavy atom. The first-order valence-electron chi connectivity index (χ1n) is 16.8. The molecule has 2 aromatic carbocycles. The molecule has 228 valence electrons. The highest BCUT2D eigenvalue weighted by Gasteiger charge is 2.61. The van der Waals surface area contributed by atoms with Gasteiger partial charge in [0.25, 0.3) is 0 Å². The lowest BCUT2D eigenvalue weighted by molar-refractivity contribution is -0.129. The van der Waals surface area contributed by atoms with Crippen molar-refractivity contribution in [2.75, 3.05) is 7.11 Å². The maximum absolute atomic E-state index is 12.3. The molecule has 0 amide bonds. The number of terminal acetylenes is 1. The molecule has 2 N–H and O–H groups in total. The van der Waals surface area contributed by atoms with Crippen LogP contribution >= 0.6 is 0 Å². The molecule has 4 heteroatoms. The summed E-state index contributed by atoms with van der Waals surface area (Å²) in [6.45, 7) is 4.46. The highest BCUT2D eigenvalue weighted by Crippen LogP contribution is 2.64. The van der Waals surface area contributed by atoms with Crippen LogP contribution in [0.2, 0.25) is 0 Å². The van der Waals surface area contributed by atoms with Crippen molar-refractivity contribution in [3.8, 4) is 23.8 Å². The number of rotatable bonds is 1. The fraction of sp³-hybridized carbons (Fsp3) is 0.615. The molecule has 0 bridgehead atoms. The SMILES string of the molecule is C#C[C@]1(O)CC[C@H]2[C@@H]3CCc4cc(OC)ccc4[C@H]3CC[C@@]21C.C[C@]12CC[C@@H]3c4ccc(O)cc4CC[C@H]3[C@@H]1CCC2=O. The quantitative estimate of drug-likeness (QED) is 0.339. The van der Waals surface area contributed by atoms with Crippen LogP contribution in [0.25, 0.3) is 0 Å². The highest BCUT2D eigenvalue weighted by molar-refractivity contribution is 5.87. The van der Waals surface area contributed by atoms with Gasteiger partial charge in [-0.1, -0.05) is 31.9 Å². The summed E-state index contributed by atoms with van der Waals surface area (Å²) in [6, 6.07) is 12.5. The third-order valence-corrected chi connectivity index (χ3v) is 13.7. The van der Waals surface area contributed by atoms with E-state index in [-0.39, 0.29) is 10.8 Å². The number of ether oxygens (including phenoxy) is 1. The average Bonchev–Trinajstić information content (AvgIpc) is 3.48. The first-order valence-corrected chi connectivity index (χ1v) is 16.8. The topological polar surface area (TPSA) is 66.8 Å². The van der Waals surface area contributed by atoms with Crippen molar-refractivity contribution in [3.05, 3.63) is 58.7 Å². The summed E-state index contributed by atoms with van der Waals surface area (Å²) in [5.74, 6) is 8.34. The Bertz CT molecular complexity index is 1470. The Labute approximate surface area is 257 Å². The summed E-state index contributed by atoms with van der Waals surface area (Å²) >= 11 is 0. The number of phenolic OH excluding ortho intramolecular Hbond substituents is 1. The number of methoxy groups -OCH3 is 1. The third kappa shape index (κ3) is 4.32. The van der Waals surface area contributed by atoms with E-state index in [0.717, 1.165) is 70.0 Å². The molecule has 0 heterocycles. The van der Waals surface area contributed by atoms with Gasteiger partial charge in [0.2, 0.25) is 0 Å². The van der Waals surface area contributed by atoms with E-state index in [1.54, 1.807) is 7.11 Å². The second-order valence-electron chi connectivity index (χ2n) is 15.2. The van der Waals surface area contributed by atoms with Gasteiger partial charge in [0.05, 0.1) is 7.11 Å². The van der Waals surface area contributed by atoms with Crippen LogP contribution < -0.4 is 4.74 Å². The summed E-state index contributed by atoms with van der Waals surface area (Å²) in [6.07, 6.45) is 18.4. The molecule has 9 atom stereocenters. The second-order valence-corrected chi connectivity index (χ2v) is 15.2. The number of aromatic hydroxyl groups is 1. The molecular weight excluding hydrogens is 532 g/mol. The minimum Gasteiger partial charge on any atom is -0.508 e. The average molecular weight is 581 g/mol. The molecule has 0 radical (unpaired) electrons. The van der Waals surface area contributed by atoms with Crippen LogP contribution in [0.15, 0.2) is 36.4 Å². The van der Waals surface area contributed by atoms with Crippen LogP contribution in [-0.4, -0.2) is 28.7 Å². The molecule has 4 fully saturated rings. The van der Waals surface area contributed by atoms with Gasteiger partial charge in [-0.05, 0) is 153 Å². The van der Waals surface area contributed by atoms with Crippen LogP contribution in [0, 0.1) is 46.8 Å². The fourth-order valence-electron chi connectivity index (χ4n) is 11.3. The largest absolute Gasteiger partial charge is 0.508 e. The molecule has 0 aliphatic heterocycles. The number of hydrogen-bond donors (Lipinski definition) is 2. The molecule has 0 unspecified atom stereocenters. The number of Topliss-reactive ketones (excluding diaryl/α,β-unsaturated/α-hetero) is 1. The summed E-state index contributed by atoms with van der Waals surface area (Å²) in [5, 5.41) is 20.6. The summed E-state index contributed by atoms with van der Waals surface area (Å²) in [4.78, 5) is 12.3. The molecule has 8 rings (SSSR count). The number of carbonyl (C=O) groups is 1. The van der Waals surface area contributed by atoms with Crippen LogP contribution in [0.3, 0.4) is 0 Å². The normalized spacial score (nSPS) is 40.3. The van der Waals surface area contributed by atoms with E-state index in [4.69, 9.17) is 11.2 Å². The highest BCUT2D eigenvalue weighted by atomic mass is 16.5. The van der Waals surface area contributed by atoms with Gasteiger partial charge in [-0.2, -0.15) is 0 Å². The molecule has 6 aliphatic rings. The minimum atomic E-state index is -0.900. The van der Waals surface area contributed by atoms with Crippen LogP contribution in [0.5, 0.6) is 11.5 Å². The molecule has 2 aromatic rings. The lowest BCUT2D eigenvalue weighted by atomic mass is 9.53. The number of aryl methyl sites for hydroxylation is 2. The number of hydrogen-bond acceptors (Lipinski definition) is 4. The van der Waals surface area contributed by atoms with E-state index >= 15 is 0 Å². The van der Waals surface area contributed by atoms with Crippen molar-refractivity contribution in [3.63, 3.8) is 0 Å². The van der Waals surface area contributed by atoms with Gasteiger partial charge in [-0.3, -0.25) is 4.79 Å². The van der Waals surface area contributed by atoms with Gasteiger partial charge >= 0.3 is 0 Å². The smallest absolute Gasteiger partial charge is 0.139 e. The summed E-state index contributed by atoms with van der Waals surface area (Å²) in [7, 11) is 1.73. The molecule has 6 aliphatic carbocycles. The van der Waals surface area contributed by atoms with Crippen molar-refractivity contribution >= 4 is 5.78 Å². The number of ketones is 1. The van der Waals surface area contributed by atoms with E-state index in [2.05, 4.69) is 44.0 Å². The van der Waals surface area contributed by atoms with Crippen molar-refractivity contribution < 1.29 is 19.7 Å². The van der Waals surface area contributed by atoms with Gasteiger partial charge in [-0.25, -0.2) is 0 Å². The molecule has 0 spiro atoms. The van der Waals surface area contributed by atoms with Crippen molar-refractivity contribution in [1.29, 1.82) is 0 Å². The maximum Gasteiger partial charge on any atom is 0.139 e. The number of aliphatic hydroxyl groups is 1. The van der Waals surface area contributed by atoms with Gasteiger partial charge in [-0.15, -0.1) is 6.42 Å². The van der Waals surface area contributed by atoms with Crippen LogP contribution in [-0.2, 0) is 17.6 Å². The van der Waals surface area contributed by atoms with Gasteiger partial charge in [0.15, 0.2) is 0 Å². The van der Waals surface area contributed by atoms with Crippen LogP contribution in [0.1, 0.15) is 112 Å². The second kappa shape index (κ2) is 10.4. The monoisotopic (exact) mass is 580 g/mol. The molecule has 0 saturated heterocycles. The van der Waals surface area contributed by atoms with E-state index in [1.807, 2.05) is 12.1 Å².